The summed E-state index contributed by atoms with van der Waals surface area (Å²) in [6.07, 6.45) is 2.36. The molecule has 1 fully saturated rings. The molecule has 0 atom stereocenters. The minimum Gasteiger partial charge on any atom is -0.382 e. The van der Waals surface area contributed by atoms with E-state index in [4.69, 9.17) is 5.73 Å². The Kier molecular flexibility index (Phi) is 3.51. The molecule has 6 heteroatoms. The van der Waals surface area contributed by atoms with Crippen molar-refractivity contribution in [3.63, 3.8) is 0 Å². The summed E-state index contributed by atoms with van der Waals surface area (Å²) in [7, 11) is 0. The van der Waals surface area contributed by atoms with Crippen LogP contribution in [0.15, 0.2) is 0 Å². The summed E-state index contributed by atoms with van der Waals surface area (Å²) in [5, 5.41) is 4.03. The summed E-state index contributed by atoms with van der Waals surface area (Å²) in [5.41, 5.74) is 5.80. The Morgan fingerprint density at radius 1 is 1.53 bits per heavy atom. The highest BCUT2D eigenvalue weighted by atomic mass is 32.1. The number of nitrogens with one attached hydrogen (secondary N) is 1. The molecule has 5 nitrogen and oxygen atoms in total. The molecule has 1 aromatic rings. The van der Waals surface area contributed by atoms with Crippen LogP contribution >= 0.6 is 11.3 Å². The Morgan fingerprint density at radius 2 is 2.18 bits per heavy atom. The number of aromatic nitrogens is 1. The van der Waals surface area contributed by atoms with Gasteiger partial charge in [0.2, 0.25) is 0 Å². The lowest BCUT2D eigenvalue weighted by molar-refractivity contribution is 0.0778. The highest BCUT2D eigenvalue weighted by Crippen LogP contribution is 2.31. The van der Waals surface area contributed by atoms with E-state index in [9.17, 15) is 4.79 Å². The molecule has 0 aliphatic heterocycles. The molecule has 0 saturated heterocycles. The van der Waals surface area contributed by atoms with Gasteiger partial charge in [0.15, 0.2) is 5.13 Å². The third-order valence-corrected chi connectivity index (χ3v) is 3.79. The quantitative estimate of drug-likeness (QED) is 0.840. The Hall–Kier alpha value is -1.30. The Labute approximate surface area is 105 Å². The fourth-order valence-electron chi connectivity index (χ4n) is 1.60. The molecule has 0 spiro atoms. The lowest BCUT2D eigenvalue weighted by Crippen LogP contribution is -2.30. The number of hydrogen-bond acceptors (Lipinski definition) is 5. The second-order valence-corrected chi connectivity index (χ2v) is 5.13. The van der Waals surface area contributed by atoms with Crippen LogP contribution in [0.5, 0.6) is 0 Å². The zero-order valence-electron chi connectivity index (χ0n) is 10.2. The van der Waals surface area contributed by atoms with Gasteiger partial charge in [-0.15, -0.1) is 0 Å². The van der Waals surface area contributed by atoms with Crippen LogP contribution in [0.1, 0.15) is 36.4 Å². The van der Waals surface area contributed by atoms with Crippen LogP contribution in [0.2, 0.25) is 0 Å². The maximum atomic E-state index is 12.1. The topological polar surface area (TPSA) is 71.2 Å². The van der Waals surface area contributed by atoms with E-state index >= 15 is 0 Å². The number of rotatable bonds is 5. The van der Waals surface area contributed by atoms with Gasteiger partial charge in [-0.25, -0.2) is 4.98 Å². The van der Waals surface area contributed by atoms with E-state index in [0.29, 0.717) is 29.8 Å². The van der Waals surface area contributed by atoms with Crippen LogP contribution in [-0.2, 0) is 0 Å². The summed E-state index contributed by atoms with van der Waals surface area (Å²) < 4.78 is 0. The third kappa shape index (κ3) is 2.69. The number of hydrogen-bond donors (Lipinski definition) is 2. The number of carbonyl (C=O) groups excluding carboxylic acids is 1. The largest absolute Gasteiger partial charge is 0.382 e. The van der Waals surface area contributed by atoms with Gasteiger partial charge in [0.25, 0.3) is 5.91 Å². The zero-order valence-corrected chi connectivity index (χ0v) is 11.0. The molecule has 0 unspecified atom stereocenters. The summed E-state index contributed by atoms with van der Waals surface area (Å²) in [6, 6.07) is 0.525. The van der Waals surface area contributed by atoms with Crippen molar-refractivity contribution in [1.82, 2.24) is 9.88 Å². The summed E-state index contributed by atoms with van der Waals surface area (Å²) in [4.78, 5) is 18.6. The molecule has 3 N–H and O–H groups in total. The van der Waals surface area contributed by atoms with Gasteiger partial charge in [-0.1, -0.05) is 11.3 Å². The van der Waals surface area contributed by atoms with Gasteiger partial charge in [0.1, 0.15) is 10.7 Å². The standard InChI is InChI=1S/C11H18N4OS/c1-3-15(4-2)10(16)8-9(12)14-11(17-8)13-7-5-6-7/h7H,3-6,12H2,1-2H3,(H,13,14). The van der Waals surface area contributed by atoms with Crippen molar-refractivity contribution in [1.29, 1.82) is 0 Å². The molecule has 17 heavy (non-hydrogen) atoms. The first-order valence-corrected chi connectivity index (χ1v) is 6.79. The van der Waals surface area contributed by atoms with E-state index in [2.05, 4.69) is 10.3 Å². The van der Waals surface area contributed by atoms with Crippen molar-refractivity contribution >= 4 is 28.2 Å². The number of thiazole rings is 1. The normalized spacial score (nSPS) is 14.7. The van der Waals surface area contributed by atoms with E-state index in [0.717, 1.165) is 5.13 Å². The number of anilines is 2. The first-order valence-electron chi connectivity index (χ1n) is 5.97. The van der Waals surface area contributed by atoms with Crippen molar-refractivity contribution in [2.24, 2.45) is 0 Å². The average molecular weight is 254 g/mol. The van der Waals surface area contributed by atoms with E-state index in [1.165, 1.54) is 24.2 Å². The summed E-state index contributed by atoms with van der Waals surface area (Å²) in [5.74, 6) is 0.323. The number of carbonyl (C=O) groups is 1. The molecule has 2 rings (SSSR count). The van der Waals surface area contributed by atoms with Crippen LogP contribution in [-0.4, -0.2) is 34.9 Å². The third-order valence-electron chi connectivity index (χ3n) is 2.80. The van der Waals surface area contributed by atoms with Crippen LogP contribution in [0.25, 0.3) is 0 Å². The first-order chi connectivity index (χ1) is 8.15. The highest BCUT2D eigenvalue weighted by molar-refractivity contribution is 7.18. The van der Waals surface area contributed by atoms with Gasteiger partial charge < -0.3 is 16.0 Å². The Bertz CT molecular complexity index is 410. The second kappa shape index (κ2) is 4.91. The van der Waals surface area contributed by atoms with E-state index in [1.54, 1.807) is 4.90 Å². The SMILES string of the molecule is CCN(CC)C(=O)c1sc(NC2CC2)nc1N. The molecular formula is C11H18N4OS. The van der Waals surface area contributed by atoms with Crippen LogP contribution in [0, 0.1) is 0 Å². The summed E-state index contributed by atoms with van der Waals surface area (Å²) in [6.45, 7) is 5.31. The predicted molar refractivity (Wildman–Crippen MR) is 70.4 cm³/mol. The van der Waals surface area contributed by atoms with Crippen molar-refractivity contribution in [3.05, 3.63) is 4.88 Å². The lowest BCUT2D eigenvalue weighted by Gasteiger charge is -2.17. The van der Waals surface area contributed by atoms with Crippen LogP contribution < -0.4 is 11.1 Å². The molecule has 0 aromatic carbocycles. The van der Waals surface area contributed by atoms with E-state index < -0.39 is 0 Å². The molecule has 1 aliphatic carbocycles. The maximum absolute atomic E-state index is 12.1. The van der Waals surface area contributed by atoms with Crippen LogP contribution in [0.3, 0.4) is 0 Å². The number of nitrogens with two attached hydrogens (primary N) is 1. The molecule has 0 radical (unpaired) electrons. The van der Waals surface area contributed by atoms with E-state index in [1.807, 2.05) is 13.8 Å². The molecule has 1 heterocycles. The summed E-state index contributed by atoms with van der Waals surface area (Å²) >= 11 is 1.36. The fourth-order valence-corrected chi connectivity index (χ4v) is 2.53. The smallest absolute Gasteiger partial charge is 0.267 e. The molecule has 1 amide bonds. The number of nitrogens with zero attached hydrogens (tertiary/aromatic N) is 2. The van der Waals surface area contributed by atoms with Gasteiger partial charge in [-0.3, -0.25) is 4.79 Å². The van der Waals surface area contributed by atoms with Gasteiger partial charge in [0, 0.05) is 19.1 Å². The van der Waals surface area contributed by atoms with Crippen molar-refractivity contribution in [2.75, 3.05) is 24.1 Å². The minimum absolute atomic E-state index is 0.0196. The number of nitrogen functional groups attached to an aromatic ring is 1. The second-order valence-electron chi connectivity index (χ2n) is 4.13. The van der Waals surface area contributed by atoms with Gasteiger partial charge in [-0.2, -0.15) is 0 Å². The fraction of sp³-hybridized carbons (Fsp3) is 0.636. The molecule has 94 valence electrons. The molecule has 1 aliphatic rings. The molecule has 1 aromatic heterocycles. The van der Waals surface area contributed by atoms with Gasteiger partial charge in [-0.05, 0) is 26.7 Å². The first kappa shape index (κ1) is 12.2. The van der Waals surface area contributed by atoms with E-state index in [-0.39, 0.29) is 5.91 Å². The molecular weight excluding hydrogens is 236 g/mol. The average Bonchev–Trinajstić information content (AvgIpc) is 3.03. The lowest BCUT2D eigenvalue weighted by atomic mass is 10.4. The minimum atomic E-state index is -0.0196. The predicted octanol–water partition coefficient (Wildman–Crippen LogP) is 1.78. The highest BCUT2D eigenvalue weighted by Gasteiger charge is 2.25. The van der Waals surface area contributed by atoms with Crippen molar-refractivity contribution in [3.8, 4) is 0 Å². The number of amides is 1. The van der Waals surface area contributed by atoms with Gasteiger partial charge in [0.05, 0.1) is 0 Å². The van der Waals surface area contributed by atoms with Crippen molar-refractivity contribution in [2.45, 2.75) is 32.7 Å². The zero-order chi connectivity index (χ0) is 12.4. The monoisotopic (exact) mass is 254 g/mol. The Balaban J connectivity index is 2.13. The maximum Gasteiger partial charge on any atom is 0.267 e. The van der Waals surface area contributed by atoms with Gasteiger partial charge >= 0.3 is 0 Å². The van der Waals surface area contributed by atoms with Crippen LogP contribution in [0.4, 0.5) is 10.9 Å². The Morgan fingerprint density at radius 3 is 2.71 bits per heavy atom. The van der Waals surface area contributed by atoms with Crippen molar-refractivity contribution < 1.29 is 4.79 Å². The molecule has 1 saturated carbocycles. The molecule has 0 bridgehead atoms.